The van der Waals surface area contributed by atoms with Gasteiger partial charge in [0.05, 0.1) is 5.57 Å². The Morgan fingerprint density at radius 2 is 2.00 bits per heavy atom. The highest BCUT2D eigenvalue weighted by molar-refractivity contribution is 6.30. The van der Waals surface area contributed by atoms with Gasteiger partial charge in [-0.25, -0.2) is 4.79 Å². The third kappa shape index (κ3) is 3.11. The van der Waals surface area contributed by atoms with Gasteiger partial charge in [0.25, 0.3) is 0 Å². The summed E-state index contributed by atoms with van der Waals surface area (Å²) in [5, 5.41) is 9.11. The molecule has 0 fully saturated rings. The van der Waals surface area contributed by atoms with Crippen molar-refractivity contribution in [3.05, 3.63) is 41.4 Å². The average Bonchev–Trinajstić information content (AvgIpc) is 2.16. The molecule has 4 heteroatoms. The Hall–Kier alpha value is -1.48. The molecule has 3 nitrogen and oxygen atoms in total. The zero-order valence-corrected chi connectivity index (χ0v) is 8.12. The first-order valence-corrected chi connectivity index (χ1v) is 4.27. The van der Waals surface area contributed by atoms with Gasteiger partial charge in [-0.2, -0.15) is 0 Å². The molecule has 0 aliphatic heterocycles. The van der Waals surface area contributed by atoms with Crippen LogP contribution in [0.5, 0.6) is 5.75 Å². The maximum absolute atomic E-state index is 10.4. The SMILES string of the molecule is C=C(COc1ccc(Cl)cc1)C(=O)O. The van der Waals surface area contributed by atoms with Crippen molar-refractivity contribution < 1.29 is 14.6 Å². The third-order valence-corrected chi connectivity index (χ3v) is 1.78. The molecule has 0 saturated heterocycles. The van der Waals surface area contributed by atoms with Crippen LogP contribution < -0.4 is 4.74 Å². The van der Waals surface area contributed by atoms with E-state index in [0.29, 0.717) is 10.8 Å². The lowest BCUT2D eigenvalue weighted by Gasteiger charge is -2.05. The summed E-state index contributed by atoms with van der Waals surface area (Å²) in [7, 11) is 0. The highest BCUT2D eigenvalue weighted by Crippen LogP contribution is 2.15. The largest absolute Gasteiger partial charge is 0.489 e. The zero-order chi connectivity index (χ0) is 10.6. The molecule has 0 aliphatic carbocycles. The van der Waals surface area contributed by atoms with Crippen LogP contribution in [-0.2, 0) is 4.79 Å². The maximum Gasteiger partial charge on any atom is 0.334 e. The van der Waals surface area contributed by atoms with Gasteiger partial charge in [0.1, 0.15) is 12.4 Å². The van der Waals surface area contributed by atoms with Crippen LogP contribution in [-0.4, -0.2) is 17.7 Å². The Morgan fingerprint density at radius 3 is 2.50 bits per heavy atom. The molecule has 1 aromatic carbocycles. The van der Waals surface area contributed by atoms with E-state index in [1.165, 1.54) is 0 Å². The number of hydrogen-bond acceptors (Lipinski definition) is 2. The van der Waals surface area contributed by atoms with Crippen LogP contribution in [0.1, 0.15) is 0 Å². The molecule has 14 heavy (non-hydrogen) atoms. The number of carboxylic acids is 1. The molecule has 74 valence electrons. The minimum absolute atomic E-state index is 0.0138. The summed E-state index contributed by atoms with van der Waals surface area (Å²) in [6, 6.07) is 6.66. The Balaban J connectivity index is 2.50. The molecule has 0 bridgehead atoms. The third-order valence-electron chi connectivity index (χ3n) is 1.53. The van der Waals surface area contributed by atoms with Crippen molar-refractivity contribution >= 4 is 17.6 Å². The van der Waals surface area contributed by atoms with Crippen LogP contribution in [0.2, 0.25) is 5.02 Å². The van der Waals surface area contributed by atoms with E-state index in [-0.39, 0.29) is 12.2 Å². The lowest BCUT2D eigenvalue weighted by molar-refractivity contribution is -0.133. The van der Waals surface area contributed by atoms with E-state index in [1.54, 1.807) is 24.3 Å². The van der Waals surface area contributed by atoms with Crippen molar-refractivity contribution in [1.29, 1.82) is 0 Å². The van der Waals surface area contributed by atoms with Gasteiger partial charge in [-0.05, 0) is 24.3 Å². The molecule has 0 aliphatic rings. The van der Waals surface area contributed by atoms with E-state index in [2.05, 4.69) is 6.58 Å². The second kappa shape index (κ2) is 4.67. The monoisotopic (exact) mass is 212 g/mol. The first-order valence-electron chi connectivity index (χ1n) is 3.89. The molecule has 0 radical (unpaired) electrons. The molecule has 0 atom stereocenters. The van der Waals surface area contributed by atoms with E-state index < -0.39 is 5.97 Å². The van der Waals surface area contributed by atoms with Gasteiger partial charge >= 0.3 is 5.97 Å². The smallest absolute Gasteiger partial charge is 0.334 e. The first-order chi connectivity index (χ1) is 6.59. The van der Waals surface area contributed by atoms with E-state index in [1.807, 2.05) is 0 Å². The molecule has 1 N–H and O–H groups in total. The standard InChI is InChI=1S/C10H9ClO3/c1-7(10(12)13)6-14-9-4-2-8(11)3-5-9/h2-5H,1,6H2,(H,12,13). The second-order valence-electron chi connectivity index (χ2n) is 2.65. The van der Waals surface area contributed by atoms with Crippen LogP contribution in [0.3, 0.4) is 0 Å². The van der Waals surface area contributed by atoms with Gasteiger partial charge in [0.2, 0.25) is 0 Å². The quantitative estimate of drug-likeness (QED) is 0.780. The Kier molecular flexibility index (Phi) is 3.54. The molecule has 1 aromatic rings. The van der Waals surface area contributed by atoms with Crippen molar-refractivity contribution in [2.24, 2.45) is 0 Å². The van der Waals surface area contributed by atoms with Gasteiger partial charge in [0, 0.05) is 5.02 Å². The summed E-state index contributed by atoms with van der Waals surface area (Å²) in [5.74, 6) is -0.490. The average molecular weight is 213 g/mol. The van der Waals surface area contributed by atoms with E-state index in [0.717, 1.165) is 0 Å². The topological polar surface area (TPSA) is 46.5 Å². The summed E-state index contributed by atoms with van der Waals surface area (Å²) in [6.45, 7) is 3.31. The van der Waals surface area contributed by atoms with Crippen molar-refractivity contribution in [3.63, 3.8) is 0 Å². The zero-order valence-electron chi connectivity index (χ0n) is 7.37. The van der Waals surface area contributed by atoms with Crippen LogP contribution in [0.25, 0.3) is 0 Å². The van der Waals surface area contributed by atoms with Gasteiger partial charge < -0.3 is 9.84 Å². The Morgan fingerprint density at radius 1 is 1.43 bits per heavy atom. The first kappa shape index (κ1) is 10.6. The maximum atomic E-state index is 10.4. The van der Waals surface area contributed by atoms with Crippen LogP contribution in [0.15, 0.2) is 36.4 Å². The molecule has 0 heterocycles. The van der Waals surface area contributed by atoms with Crippen molar-refractivity contribution in [3.8, 4) is 5.75 Å². The summed E-state index contributed by atoms with van der Waals surface area (Å²) in [5.41, 5.74) is 0.0138. The predicted octanol–water partition coefficient (Wildman–Crippen LogP) is 2.36. The number of carboxylic acid groups (broad SMARTS) is 1. The van der Waals surface area contributed by atoms with Gasteiger partial charge in [0.15, 0.2) is 0 Å². The van der Waals surface area contributed by atoms with E-state index in [4.69, 9.17) is 21.4 Å². The molecular formula is C10H9ClO3. The fourth-order valence-corrected chi connectivity index (χ4v) is 0.889. The van der Waals surface area contributed by atoms with Crippen molar-refractivity contribution in [2.45, 2.75) is 0 Å². The van der Waals surface area contributed by atoms with Crippen LogP contribution in [0.4, 0.5) is 0 Å². The predicted molar refractivity (Wildman–Crippen MR) is 53.7 cm³/mol. The number of halogens is 1. The fourth-order valence-electron chi connectivity index (χ4n) is 0.763. The molecule has 0 amide bonds. The van der Waals surface area contributed by atoms with Crippen molar-refractivity contribution in [2.75, 3.05) is 6.61 Å². The normalized spacial score (nSPS) is 9.50. The Bertz CT molecular complexity index is 343. The minimum Gasteiger partial charge on any atom is -0.489 e. The molecule has 0 aromatic heterocycles. The second-order valence-corrected chi connectivity index (χ2v) is 3.09. The number of aliphatic carboxylic acids is 1. The van der Waals surface area contributed by atoms with Crippen LogP contribution in [0, 0.1) is 0 Å². The van der Waals surface area contributed by atoms with E-state index in [9.17, 15) is 4.79 Å². The van der Waals surface area contributed by atoms with Gasteiger partial charge in [-0.3, -0.25) is 0 Å². The van der Waals surface area contributed by atoms with Crippen LogP contribution >= 0.6 is 11.6 Å². The number of ether oxygens (including phenoxy) is 1. The molecular weight excluding hydrogens is 204 g/mol. The van der Waals surface area contributed by atoms with Gasteiger partial charge in [-0.1, -0.05) is 18.2 Å². The molecule has 1 rings (SSSR count). The number of hydrogen-bond donors (Lipinski definition) is 1. The summed E-state index contributed by atoms with van der Waals surface area (Å²) < 4.78 is 5.15. The summed E-state index contributed by atoms with van der Waals surface area (Å²) in [4.78, 5) is 10.4. The van der Waals surface area contributed by atoms with Gasteiger partial charge in [-0.15, -0.1) is 0 Å². The number of carbonyl (C=O) groups is 1. The minimum atomic E-state index is -1.06. The summed E-state index contributed by atoms with van der Waals surface area (Å²) >= 11 is 5.66. The number of rotatable bonds is 4. The highest BCUT2D eigenvalue weighted by Gasteiger charge is 2.04. The number of benzene rings is 1. The fraction of sp³-hybridized carbons (Fsp3) is 0.100. The molecule has 0 spiro atoms. The lowest BCUT2D eigenvalue weighted by atomic mass is 10.3. The Labute approximate surface area is 86.6 Å². The molecule has 0 saturated carbocycles. The lowest BCUT2D eigenvalue weighted by Crippen LogP contribution is -2.08. The summed E-state index contributed by atoms with van der Waals surface area (Å²) in [6.07, 6.45) is 0. The highest BCUT2D eigenvalue weighted by atomic mass is 35.5. The molecule has 0 unspecified atom stereocenters. The van der Waals surface area contributed by atoms with Crippen molar-refractivity contribution in [1.82, 2.24) is 0 Å². The van der Waals surface area contributed by atoms with E-state index >= 15 is 0 Å².